The molecule has 2 aromatic rings. The van der Waals surface area contributed by atoms with E-state index in [4.69, 9.17) is 9.84 Å². The predicted molar refractivity (Wildman–Crippen MR) is 111 cm³/mol. The standard InChI is InChI=1S/C23H26N2O5/c26-15-17-2-1-3-20(12-17)25(13-16-4-6-19(7-5-16)22(27)28)23(29)30-21-14-24-10-8-18(21)9-11-24/h1-7,12,18,21,26H,8-11,13-15H2,(H,27,28)/t21-/m0/s1. The highest BCUT2D eigenvalue weighted by molar-refractivity contribution is 5.89. The summed E-state index contributed by atoms with van der Waals surface area (Å²) in [5, 5.41) is 18.6. The lowest BCUT2D eigenvalue weighted by Crippen LogP contribution is -2.53. The van der Waals surface area contributed by atoms with Crippen molar-refractivity contribution < 1.29 is 24.5 Å². The van der Waals surface area contributed by atoms with Crippen LogP contribution in [-0.4, -0.2) is 52.9 Å². The molecule has 1 amide bonds. The van der Waals surface area contributed by atoms with Crippen molar-refractivity contribution in [3.8, 4) is 0 Å². The Morgan fingerprint density at radius 1 is 1.07 bits per heavy atom. The molecule has 1 atom stereocenters. The minimum absolute atomic E-state index is 0.113. The SMILES string of the molecule is O=C(O)c1ccc(CN(C(=O)O[C@H]2CN3CCC2CC3)c2cccc(CO)c2)cc1. The largest absolute Gasteiger partial charge is 0.478 e. The Labute approximate surface area is 175 Å². The first-order chi connectivity index (χ1) is 14.5. The summed E-state index contributed by atoms with van der Waals surface area (Å²) in [6.45, 7) is 3.03. The van der Waals surface area contributed by atoms with Crippen LogP contribution in [0, 0.1) is 5.92 Å². The van der Waals surface area contributed by atoms with E-state index in [1.165, 1.54) is 12.1 Å². The van der Waals surface area contributed by atoms with Crippen molar-refractivity contribution in [2.45, 2.75) is 32.1 Å². The van der Waals surface area contributed by atoms with E-state index in [9.17, 15) is 14.7 Å². The van der Waals surface area contributed by atoms with E-state index >= 15 is 0 Å². The molecule has 0 spiro atoms. The molecule has 2 aromatic carbocycles. The van der Waals surface area contributed by atoms with Gasteiger partial charge in [0.1, 0.15) is 6.10 Å². The minimum Gasteiger partial charge on any atom is -0.478 e. The van der Waals surface area contributed by atoms with Crippen molar-refractivity contribution in [1.82, 2.24) is 4.90 Å². The molecular formula is C23H26N2O5. The van der Waals surface area contributed by atoms with E-state index in [0.29, 0.717) is 17.2 Å². The Hall–Kier alpha value is -2.90. The first-order valence-electron chi connectivity index (χ1n) is 10.3. The van der Waals surface area contributed by atoms with Crippen LogP contribution in [0.25, 0.3) is 0 Å². The van der Waals surface area contributed by atoms with Crippen molar-refractivity contribution >= 4 is 17.7 Å². The predicted octanol–water partition coefficient (Wildman–Crippen LogP) is 3.11. The van der Waals surface area contributed by atoms with Gasteiger partial charge in [-0.1, -0.05) is 24.3 Å². The number of carboxylic acids is 1. The van der Waals surface area contributed by atoms with Gasteiger partial charge in [0, 0.05) is 12.2 Å². The highest BCUT2D eigenvalue weighted by atomic mass is 16.6. The zero-order valence-corrected chi connectivity index (χ0v) is 16.7. The van der Waals surface area contributed by atoms with Gasteiger partial charge in [-0.05, 0) is 67.2 Å². The average molecular weight is 410 g/mol. The lowest BCUT2D eigenvalue weighted by Gasteiger charge is -2.44. The third kappa shape index (κ3) is 4.47. The number of fused-ring (bicyclic) bond motifs is 3. The number of aliphatic hydroxyl groups is 1. The number of hydrogen-bond acceptors (Lipinski definition) is 5. The Morgan fingerprint density at radius 2 is 1.80 bits per heavy atom. The molecule has 0 saturated carbocycles. The fourth-order valence-corrected chi connectivity index (χ4v) is 4.26. The van der Waals surface area contributed by atoms with Crippen molar-refractivity contribution in [3.63, 3.8) is 0 Å². The van der Waals surface area contributed by atoms with Gasteiger partial charge in [-0.3, -0.25) is 9.80 Å². The minimum atomic E-state index is -0.990. The number of benzene rings is 2. The van der Waals surface area contributed by atoms with Gasteiger partial charge < -0.3 is 14.9 Å². The molecule has 2 bridgehead atoms. The van der Waals surface area contributed by atoms with Crippen LogP contribution in [0.15, 0.2) is 48.5 Å². The van der Waals surface area contributed by atoms with Crippen LogP contribution in [0.5, 0.6) is 0 Å². The molecule has 0 aliphatic carbocycles. The quantitative estimate of drug-likeness (QED) is 0.761. The molecule has 7 nitrogen and oxygen atoms in total. The molecule has 7 heteroatoms. The summed E-state index contributed by atoms with van der Waals surface area (Å²) in [5.41, 5.74) is 2.33. The smallest absolute Gasteiger partial charge is 0.414 e. The average Bonchev–Trinajstić information content (AvgIpc) is 2.78. The number of carbonyl (C=O) groups is 2. The molecule has 3 heterocycles. The molecular weight excluding hydrogens is 384 g/mol. The summed E-state index contributed by atoms with van der Waals surface area (Å²) in [6, 6.07) is 13.6. The van der Waals surface area contributed by atoms with Crippen molar-refractivity contribution in [3.05, 3.63) is 65.2 Å². The van der Waals surface area contributed by atoms with Gasteiger partial charge in [0.2, 0.25) is 0 Å². The van der Waals surface area contributed by atoms with Crippen LogP contribution in [-0.2, 0) is 17.9 Å². The first-order valence-corrected chi connectivity index (χ1v) is 10.3. The third-order valence-electron chi connectivity index (χ3n) is 6.02. The molecule has 30 heavy (non-hydrogen) atoms. The number of carboxylic acid groups (broad SMARTS) is 1. The number of carbonyl (C=O) groups excluding carboxylic acids is 1. The molecule has 3 fully saturated rings. The summed E-state index contributed by atoms with van der Waals surface area (Å²) < 4.78 is 5.94. The summed E-state index contributed by atoms with van der Waals surface area (Å²) in [7, 11) is 0. The summed E-state index contributed by atoms with van der Waals surface area (Å²) >= 11 is 0. The molecule has 0 unspecified atom stereocenters. The van der Waals surface area contributed by atoms with Crippen molar-refractivity contribution in [1.29, 1.82) is 0 Å². The highest BCUT2D eigenvalue weighted by Crippen LogP contribution is 2.31. The van der Waals surface area contributed by atoms with Gasteiger partial charge in [0.05, 0.1) is 18.7 Å². The number of nitrogens with zero attached hydrogens (tertiary/aromatic N) is 2. The van der Waals surface area contributed by atoms with Crippen LogP contribution < -0.4 is 4.90 Å². The molecule has 0 radical (unpaired) electrons. The number of anilines is 1. The normalized spacial score (nSPS) is 22.5. The molecule has 0 aromatic heterocycles. The number of piperidine rings is 3. The van der Waals surface area contributed by atoms with Gasteiger partial charge in [-0.15, -0.1) is 0 Å². The fourth-order valence-electron chi connectivity index (χ4n) is 4.26. The molecule has 158 valence electrons. The lowest BCUT2D eigenvalue weighted by atomic mass is 9.86. The van der Waals surface area contributed by atoms with E-state index in [-0.39, 0.29) is 24.8 Å². The second-order valence-electron chi connectivity index (χ2n) is 7.98. The summed E-state index contributed by atoms with van der Waals surface area (Å²) in [6.07, 6.45) is 1.56. The fraction of sp³-hybridized carbons (Fsp3) is 0.391. The Kier molecular flexibility index (Phi) is 6.01. The Morgan fingerprint density at radius 3 is 2.40 bits per heavy atom. The van der Waals surface area contributed by atoms with E-state index in [1.807, 2.05) is 6.07 Å². The summed E-state index contributed by atoms with van der Waals surface area (Å²) in [4.78, 5) is 28.2. The van der Waals surface area contributed by atoms with Crippen LogP contribution in [0.2, 0.25) is 0 Å². The van der Waals surface area contributed by atoms with Crippen LogP contribution in [0.1, 0.15) is 34.3 Å². The van der Waals surface area contributed by atoms with E-state index in [2.05, 4.69) is 4.90 Å². The van der Waals surface area contributed by atoms with Gasteiger partial charge in [0.25, 0.3) is 0 Å². The highest BCUT2D eigenvalue weighted by Gasteiger charge is 2.37. The topological polar surface area (TPSA) is 90.3 Å². The molecule has 5 rings (SSSR count). The monoisotopic (exact) mass is 410 g/mol. The second kappa shape index (κ2) is 8.85. The maximum absolute atomic E-state index is 13.2. The van der Waals surface area contributed by atoms with Gasteiger partial charge in [0.15, 0.2) is 0 Å². The van der Waals surface area contributed by atoms with Crippen molar-refractivity contribution in [2.24, 2.45) is 5.92 Å². The molecule has 3 saturated heterocycles. The van der Waals surface area contributed by atoms with Crippen LogP contribution in [0.4, 0.5) is 10.5 Å². The molecule has 3 aliphatic rings. The van der Waals surface area contributed by atoms with Crippen LogP contribution in [0.3, 0.4) is 0 Å². The maximum Gasteiger partial charge on any atom is 0.414 e. The van der Waals surface area contributed by atoms with E-state index in [0.717, 1.165) is 38.0 Å². The molecule has 2 N–H and O–H groups in total. The van der Waals surface area contributed by atoms with Gasteiger partial charge >= 0.3 is 12.1 Å². The van der Waals surface area contributed by atoms with E-state index in [1.54, 1.807) is 35.2 Å². The lowest BCUT2D eigenvalue weighted by molar-refractivity contribution is -0.0311. The van der Waals surface area contributed by atoms with Gasteiger partial charge in [-0.25, -0.2) is 9.59 Å². The number of hydrogen-bond donors (Lipinski definition) is 2. The zero-order chi connectivity index (χ0) is 21.1. The third-order valence-corrected chi connectivity index (χ3v) is 6.02. The first kappa shape index (κ1) is 20.4. The Bertz CT molecular complexity index is 906. The number of amides is 1. The second-order valence-corrected chi connectivity index (χ2v) is 7.98. The number of aliphatic hydroxyl groups excluding tert-OH is 1. The summed E-state index contributed by atoms with van der Waals surface area (Å²) in [5.74, 6) is -0.588. The van der Waals surface area contributed by atoms with Crippen LogP contribution >= 0.6 is 0 Å². The zero-order valence-electron chi connectivity index (χ0n) is 16.7. The van der Waals surface area contributed by atoms with E-state index < -0.39 is 12.1 Å². The molecule has 3 aliphatic heterocycles. The van der Waals surface area contributed by atoms with Gasteiger partial charge in [-0.2, -0.15) is 0 Å². The number of rotatable bonds is 6. The van der Waals surface area contributed by atoms with Crippen molar-refractivity contribution in [2.75, 3.05) is 24.5 Å². The number of aromatic carboxylic acids is 1. The maximum atomic E-state index is 13.2. The Balaban J connectivity index is 1.56. The number of ether oxygens (including phenoxy) is 1.